The van der Waals surface area contributed by atoms with Gasteiger partial charge in [0.1, 0.15) is 11.6 Å². The number of nitriles is 1. The standard InChI is InChI=1S/C13H14N6O2/c1-8-11(9(2)18(3)17-8)7-16-13-12(19(20)21)10(6-14)4-5-15-13/h4-5H,7H2,1-3H3,(H,15,16). The average molecular weight is 286 g/mol. The van der Waals surface area contributed by atoms with E-state index in [1.165, 1.54) is 12.3 Å². The van der Waals surface area contributed by atoms with Crippen LogP contribution in [0.4, 0.5) is 11.5 Å². The first-order valence-electron chi connectivity index (χ1n) is 6.22. The predicted octanol–water partition coefficient (Wildman–Crippen LogP) is 1.82. The van der Waals surface area contributed by atoms with E-state index in [1.54, 1.807) is 10.8 Å². The SMILES string of the molecule is Cc1nn(C)c(C)c1CNc1nccc(C#N)c1[N+](=O)[O-]. The molecule has 0 spiro atoms. The first-order chi connectivity index (χ1) is 9.95. The molecule has 2 aromatic heterocycles. The van der Waals surface area contributed by atoms with Crippen molar-refractivity contribution in [2.24, 2.45) is 7.05 Å². The van der Waals surface area contributed by atoms with Gasteiger partial charge in [-0.25, -0.2) is 4.98 Å². The lowest BCUT2D eigenvalue weighted by atomic mass is 10.2. The number of aryl methyl sites for hydroxylation is 2. The van der Waals surface area contributed by atoms with E-state index in [4.69, 9.17) is 5.26 Å². The van der Waals surface area contributed by atoms with Crippen molar-refractivity contribution in [3.8, 4) is 6.07 Å². The summed E-state index contributed by atoms with van der Waals surface area (Å²) in [4.78, 5) is 14.5. The number of aromatic nitrogens is 3. The third-order valence-corrected chi connectivity index (χ3v) is 3.32. The van der Waals surface area contributed by atoms with E-state index in [0.717, 1.165) is 17.0 Å². The molecule has 0 aliphatic heterocycles. The third-order valence-electron chi connectivity index (χ3n) is 3.32. The van der Waals surface area contributed by atoms with Gasteiger partial charge in [0.05, 0.1) is 10.6 Å². The molecule has 0 aromatic carbocycles. The quantitative estimate of drug-likeness (QED) is 0.678. The zero-order chi connectivity index (χ0) is 15.6. The Balaban J connectivity index is 2.33. The molecule has 0 atom stereocenters. The zero-order valence-corrected chi connectivity index (χ0v) is 11.9. The lowest BCUT2D eigenvalue weighted by Gasteiger charge is -2.07. The van der Waals surface area contributed by atoms with Gasteiger partial charge in [0.25, 0.3) is 0 Å². The molecule has 0 unspecified atom stereocenters. The number of rotatable bonds is 4. The minimum absolute atomic E-state index is 0.0165. The van der Waals surface area contributed by atoms with Crippen molar-refractivity contribution in [3.63, 3.8) is 0 Å². The first kappa shape index (κ1) is 14.5. The number of hydrogen-bond acceptors (Lipinski definition) is 6. The Morgan fingerprint density at radius 1 is 1.52 bits per heavy atom. The number of nitrogens with zero attached hydrogens (tertiary/aromatic N) is 5. The normalized spacial score (nSPS) is 10.2. The van der Waals surface area contributed by atoms with Crippen LogP contribution in [0.1, 0.15) is 22.5 Å². The van der Waals surface area contributed by atoms with Crippen LogP contribution >= 0.6 is 0 Å². The predicted molar refractivity (Wildman–Crippen MR) is 75.6 cm³/mol. The van der Waals surface area contributed by atoms with Crippen LogP contribution in [-0.2, 0) is 13.6 Å². The molecule has 8 nitrogen and oxygen atoms in total. The monoisotopic (exact) mass is 286 g/mol. The molecule has 0 fully saturated rings. The van der Waals surface area contributed by atoms with Crippen LogP contribution in [0.25, 0.3) is 0 Å². The summed E-state index contributed by atoms with van der Waals surface area (Å²) in [6, 6.07) is 3.13. The van der Waals surface area contributed by atoms with Gasteiger partial charge in [-0.15, -0.1) is 0 Å². The second-order valence-electron chi connectivity index (χ2n) is 4.55. The fourth-order valence-corrected chi connectivity index (χ4v) is 2.10. The maximum absolute atomic E-state index is 11.1. The highest BCUT2D eigenvalue weighted by molar-refractivity contribution is 5.64. The van der Waals surface area contributed by atoms with Crippen molar-refractivity contribution in [1.82, 2.24) is 14.8 Å². The Morgan fingerprint density at radius 3 is 2.76 bits per heavy atom. The van der Waals surface area contributed by atoms with Crippen LogP contribution in [0, 0.1) is 35.3 Å². The molecule has 0 amide bonds. The van der Waals surface area contributed by atoms with Gasteiger partial charge in [-0.1, -0.05) is 0 Å². The molecule has 2 aromatic rings. The van der Waals surface area contributed by atoms with Gasteiger partial charge in [-0.2, -0.15) is 10.4 Å². The van der Waals surface area contributed by atoms with Gasteiger partial charge in [0.2, 0.25) is 5.82 Å². The summed E-state index contributed by atoms with van der Waals surface area (Å²) >= 11 is 0. The molecular formula is C13H14N6O2. The van der Waals surface area contributed by atoms with Gasteiger partial charge in [0.15, 0.2) is 0 Å². The lowest BCUT2D eigenvalue weighted by Crippen LogP contribution is -2.07. The molecule has 21 heavy (non-hydrogen) atoms. The van der Waals surface area contributed by atoms with Crippen molar-refractivity contribution in [3.05, 3.63) is 44.9 Å². The van der Waals surface area contributed by atoms with E-state index < -0.39 is 4.92 Å². The minimum Gasteiger partial charge on any atom is -0.360 e. The fourth-order valence-electron chi connectivity index (χ4n) is 2.10. The number of anilines is 1. The molecule has 2 heterocycles. The van der Waals surface area contributed by atoms with E-state index in [0.29, 0.717) is 6.54 Å². The van der Waals surface area contributed by atoms with E-state index >= 15 is 0 Å². The van der Waals surface area contributed by atoms with E-state index in [1.807, 2.05) is 20.9 Å². The molecule has 0 bridgehead atoms. The van der Waals surface area contributed by atoms with Crippen LogP contribution in [0.2, 0.25) is 0 Å². The lowest BCUT2D eigenvalue weighted by molar-refractivity contribution is -0.384. The zero-order valence-electron chi connectivity index (χ0n) is 11.9. The number of nitrogens with one attached hydrogen (secondary N) is 1. The summed E-state index contributed by atoms with van der Waals surface area (Å²) in [5.41, 5.74) is 2.45. The van der Waals surface area contributed by atoms with Crippen LogP contribution in [0.3, 0.4) is 0 Å². The van der Waals surface area contributed by atoms with E-state index in [2.05, 4.69) is 15.4 Å². The van der Waals surface area contributed by atoms with Crippen LogP contribution in [0.15, 0.2) is 12.3 Å². The van der Waals surface area contributed by atoms with Crippen molar-refractivity contribution >= 4 is 11.5 Å². The molecule has 0 aliphatic rings. The Labute approximate surface area is 121 Å². The van der Waals surface area contributed by atoms with Crippen LogP contribution in [0.5, 0.6) is 0 Å². The van der Waals surface area contributed by atoms with E-state index in [-0.39, 0.29) is 17.1 Å². The Kier molecular flexibility index (Phi) is 3.84. The van der Waals surface area contributed by atoms with Crippen LogP contribution in [-0.4, -0.2) is 19.7 Å². The van der Waals surface area contributed by atoms with Crippen molar-refractivity contribution in [1.29, 1.82) is 5.26 Å². The summed E-state index contributed by atoms with van der Waals surface area (Å²) < 4.78 is 1.75. The van der Waals surface area contributed by atoms with Gasteiger partial charge >= 0.3 is 5.69 Å². The number of hydrogen-bond donors (Lipinski definition) is 1. The second-order valence-corrected chi connectivity index (χ2v) is 4.55. The molecule has 0 aliphatic carbocycles. The summed E-state index contributed by atoms with van der Waals surface area (Å²) in [6.45, 7) is 4.15. The summed E-state index contributed by atoms with van der Waals surface area (Å²) in [6.07, 6.45) is 1.37. The molecule has 0 radical (unpaired) electrons. The molecule has 1 N–H and O–H groups in total. The van der Waals surface area contributed by atoms with Crippen molar-refractivity contribution in [2.45, 2.75) is 20.4 Å². The van der Waals surface area contributed by atoms with Gasteiger partial charge in [-0.3, -0.25) is 14.8 Å². The molecule has 0 saturated carbocycles. The van der Waals surface area contributed by atoms with Gasteiger partial charge < -0.3 is 5.32 Å². The Bertz CT molecular complexity index is 744. The highest BCUT2D eigenvalue weighted by Crippen LogP contribution is 2.26. The minimum atomic E-state index is -0.600. The van der Waals surface area contributed by atoms with Crippen molar-refractivity contribution in [2.75, 3.05) is 5.32 Å². The average Bonchev–Trinajstić information content (AvgIpc) is 2.69. The second kappa shape index (κ2) is 5.58. The smallest absolute Gasteiger partial charge is 0.328 e. The van der Waals surface area contributed by atoms with Gasteiger partial charge in [-0.05, 0) is 19.9 Å². The summed E-state index contributed by atoms with van der Waals surface area (Å²) in [5.74, 6) is 0.0849. The molecule has 2 rings (SSSR count). The number of nitro groups is 1. The number of pyridine rings is 1. The highest BCUT2D eigenvalue weighted by atomic mass is 16.6. The third kappa shape index (κ3) is 2.67. The highest BCUT2D eigenvalue weighted by Gasteiger charge is 2.21. The van der Waals surface area contributed by atoms with Gasteiger partial charge in [0, 0.05) is 31.0 Å². The molecule has 108 valence electrons. The summed E-state index contributed by atoms with van der Waals surface area (Å²) in [5, 5.41) is 27.3. The topological polar surface area (TPSA) is 110 Å². The molecule has 8 heteroatoms. The maximum atomic E-state index is 11.1. The van der Waals surface area contributed by atoms with Crippen molar-refractivity contribution < 1.29 is 4.92 Å². The largest absolute Gasteiger partial charge is 0.360 e. The summed E-state index contributed by atoms with van der Waals surface area (Å²) in [7, 11) is 1.84. The Hall–Kier alpha value is -2.95. The Morgan fingerprint density at radius 2 is 2.24 bits per heavy atom. The van der Waals surface area contributed by atoms with E-state index in [9.17, 15) is 10.1 Å². The molecular weight excluding hydrogens is 272 g/mol. The van der Waals surface area contributed by atoms with Crippen LogP contribution < -0.4 is 5.32 Å². The first-order valence-corrected chi connectivity index (χ1v) is 6.22. The fraction of sp³-hybridized carbons (Fsp3) is 0.308. The maximum Gasteiger partial charge on any atom is 0.328 e. The molecule has 0 saturated heterocycles.